The molecule has 158 valence electrons. The summed E-state index contributed by atoms with van der Waals surface area (Å²) in [6.45, 7) is 8.39. The highest BCUT2D eigenvalue weighted by Gasteiger charge is 2.33. The molecule has 2 N–H and O–H groups in total. The van der Waals surface area contributed by atoms with Crippen LogP contribution in [0.5, 0.6) is 0 Å². The lowest BCUT2D eigenvalue weighted by molar-refractivity contribution is -0.145. The van der Waals surface area contributed by atoms with Crippen molar-refractivity contribution >= 4 is 19.6 Å². The van der Waals surface area contributed by atoms with Crippen molar-refractivity contribution in [2.24, 2.45) is 0 Å². The Kier molecular flexibility index (Phi) is 9.82. The topological polar surface area (TPSA) is 103 Å². The number of carbonyl (C=O) groups excluding carboxylic acids is 2. The number of methoxy groups -OCH3 is 1. The maximum atomic E-state index is 12.9. The number of carbonyl (C=O) groups is 2. The molecule has 1 aromatic carbocycles. The highest BCUT2D eigenvalue weighted by Crippen LogP contribution is 2.46. The zero-order valence-corrected chi connectivity index (χ0v) is 18.2. The fourth-order valence-corrected chi connectivity index (χ4v) is 4.29. The van der Waals surface area contributed by atoms with Crippen LogP contribution in [0.2, 0.25) is 0 Å². The van der Waals surface area contributed by atoms with Crippen molar-refractivity contribution in [1.82, 2.24) is 10.4 Å². The van der Waals surface area contributed by atoms with Crippen LogP contribution in [0.3, 0.4) is 0 Å². The second-order valence-electron chi connectivity index (χ2n) is 6.93. The van der Waals surface area contributed by atoms with Gasteiger partial charge in [-0.25, -0.2) is 14.4 Å². The average Bonchev–Trinajstić information content (AvgIpc) is 2.59. The molecule has 8 nitrogen and oxygen atoms in total. The Hall–Kier alpha value is -1.73. The van der Waals surface area contributed by atoms with Crippen LogP contribution in [0.15, 0.2) is 30.3 Å². The first-order valence-corrected chi connectivity index (χ1v) is 10.8. The van der Waals surface area contributed by atoms with Crippen LogP contribution in [0.25, 0.3) is 0 Å². The van der Waals surface area contributed by atoms with Crippen LogP contribution in [-0.2, 0) is 34.4 Å². The Morgan fingerprint density at radius 2 is 1.54 bits per heavy atom. The third kappa shape index (κ3) is 8.52. The fraction of sp³-hybridized carbons (Fsp3) is 0.579. The molecule has 1 aromatic rings. The fourth-order valence-electron chi connectivity index (χ4n) is 2.42. The van der Waals surface area contributed by atoms with Crippen LogP contribution in [0, 0.1) is 0 Å². The van der Waals surface area contributed by atoms with Gasteiger partial charge in [0.15, 0.2) is 0 Å². The highest BCUT2D eigenvalue weighted by atomic mass is 31.2. The summed E-state index contributed by atoms with van der Waals surface area (Å²) < 4.78 is 28.5. The number of benzene rings is 1. The highest BCUT2D eigenvalue weighted by molar-refractivity contribution is 7.51. The number of rotatable bonds is 11. The molecular weight excluding hydrogens is 383 g/mol. The van der Waals surface area contributed by atoms with E-state index in [2.05, 4.69) is 10.4 Å². The van der Waals surface area contributed by atoms with Crippen molar-refractivity contribution in [3.05, 3.63) is 35.9 Å². The molecule has 0 saturated heterocycles. The van der Waals surface area contributed by atoms with E-state index >= 15 is 0 Å². The lowest BCUT2D eigenvalue weighted by Gasteiger charge is -2.26. The summed E-state index contributed by atoms with van der Waals surface area (Å²) in [7, 11) is -2.45. The Morgan fingerprint density at radius 3 is 2.00 bits per heavy atom. The van der Waals surface area contributed by atoms with Crippen molar-refractivity contribution < 1.29 is 27.9 Å². The summed E-state index contributed by atoms with van der Waals surface area (Å²) in [5, 5.41) is 5.27. The van der Waals surface area contributed by atoms with Crippen molar-refractivity contribution in [2.75, 3.05) is 7.11 Å². The van der Waals surface area contributed by atoms with Gasteiger partial charge >= 0.3 is 13.7 Å². The van der Waals surface area contributed by atoms with E-state index in [4.69, 9.17) is 13.8 Å². The summed E-state index contributed by atoms with van der Waals surface area (Å²) in [5.41, 5.74) is 0.871. The Labute approximate surface area is 166 Å². The van der Waals surface area contributed by atoms with Crippen molar-refractivity contribution in [3.8, 4) is 0 Å². The molecule has 0 aliphatic carbocycles. The second-order valence-corrected chi connectivity index (χ2v) is 8.61. The number of hydrogen-bond acceptors (Lipinski definition) is 6. The average molecular weight is 414 g/mol. The van der Waals surface area contributed by atoms with Gasteiger partial charge in [-0.3, -0.25) is 13.8 Å². The summed E-state index contributed by atoms with van der Waals surface area (Å²) in [6.07, 6.45) is -0.462. The molecule has 9 heteroatoms. The first kappa shape index (κ1) is 24.3. The molecule has 0 aliphatic heterocycles. The molecule has 28 heavy (non-hydrogen) atoms. The molecule has 0 aromatic heterocycles. The molecule has 0 fully saturated rings. The predicted molar refractivity (Wildman–Crippen MR) is 107 cm³/mol. The minimum atomic E-state index is -3.71. The number of esters is 1. The minimum Gasteiger partial charge on any atom is -0.467 e. The molecule has 0 saturated carbocycles. The van der Waals surface area contributed by atoms with Crippen LogP contribution in [0.1, 0.15) is 40.2 Å². The molecule has 0 unspecified atom stereocenters. The van der Waals surface area contributed by atoms with E-state index in [9.17, 15) is 14.2 Å². The summed E-state index contributed by atoms with van der Waals surface area (Å²) >= 11 is 0. The van der Waals surface area contributed by atoms with E-state index in [0.29, 0.717) is 0 Å². The van der Waals surface area contributed by atoms with Gasteiger partial charge < -0.3 is 10.1 Å². The quantitative estimate of drug-likeness (QED) is 0.424. The van der Waals surface area contributed by atoms with E-state index in [1.807, 2.05) is 30.3 Å². The molecule has 0 aliphatic rings. The smallest absolute Gasteiger partial charge is 0.406 e. The second kappa shape index (κ2) is 11.3. The molecule has 1 rings (SSSR count). The maximum absolute atomic E-state index is 12.9. The summed E-state index contributed by atoms with van der Waals surface area (Å²) in [4.78, 5) is 24.7. The Bertz CT molecular complexity index is 666. The molecule has 2 atom stereocenters. The standard InChI is InChI=1S/C19H31N2O6P/c1-13(2)26-28(24,27-14(3)4)21-15(5)18(22)20-17(19(23)25-6)12-16-10-8-7-9-11-16/h7-11,13-15,17H,12H2,1-6H3,(H,20,22)(H,21,24)/t15-,17-/m0/s1. The van der Waals surface area contributed by atoms with Gasteiger partial charge in [0, 0.05) is 6.42 Å². The van der Waals surface area contributed by atoms with E-state index in [-0.39, 0.29) is 18.6 Å². The van der Waals surface area contributed by atoms with Crippen LogP contribution >= 0.6 is 7.75 Å². The number of nitrogens with one attached hydrogen (secondary N) is 2. The molecule has 1 amide bonds. The molecule has 0 spiro atoms. The third-order valence-electron chi connectivity index (χ3n) is 3.53. The number of hydrogen-bond donors (Lipinski definition) is 2. The zero-order valence-electron chi connectivity index (χ0n) is 17.3. The van der Waals surface area contributed by atoms with Crippen molar-refractivity contribution in [1.29, 1.82) is 0 Å². The van der Waals surface area contributed by atoms with Gasteiger partial charge in [0.05, 0.1) is 25.4 Å². The van der Waals surface area contributed by atoms with Gasteiger partial charge in [0.25, 0.3) is 0 Å². The van der Waals surface area contributed by atoms with E-state index < -0.39 is 31.7 Å². The van der Waals surface area contributed by atoms with E-state index in [1.165, 1.54) is 14.0 Å². The molecule has 0 heterocycles. The van der Waals surface area contributed by atoms with Gasteiger partial charge in [0.2, 0.25) is 5.91 Å². The summed E-state index contributed by atoms with van der Waals surface area (Å²) in [6, 6.07) is 7.46. The van der Waals surface area contributed by atoms with E-state index in [0.717, 1.165) is 5.56 Å². The zero-order chi connectivity index (χ0) is 21.3. The number of amides is 1. The lowest BCUT2D eigenvalue weighted by Crippen LogP contribution is -2.49. The van der Waals surface area contributed by atoms with Gasteiger partial charge in [-0.2, -0.15) is 0 Å². The monoisotopic (exact) mass is 414 g/mol. The van der Waals surface area contributed by atoms with Crippen LogP contribution in [-0.4, -0.2) is 43.3 Å². The molecular formula is C19H31N2O6P. The minimum absolute atomic E-state index is 0.272. The van der Waals surface area contributed by atoms with Crippen molar-refractivity contribution in [2.45, 2.75) is 65.3 Å². The Morgan fingerprint density at radius 1 is 1.00 bits per heavy atom. The van der Waals surface area contributed by atoms with E-state index in [1.54, 1.807) is 27.7 Å². The van der Waals surface area contributed by atoms with Crippen molar-refractivity contribution in [3.63, 3.8) is 0 Å². The normalized spacial score (nSPS) is 14.0. The predicted octanol–water partition coefficient (Wildman–Crippen LogP) is 2.82. The SMILES string of the molecule is COC(=O)[C@H](Cc1ccccc1)NC(=O)[C@H](C)NP(=O)(OC(C)C)OC(C)C. The summed E-state index contributed by atoms with van der Waals surface area (Å²) in [5.74, 6) is -1.09. The van der Waals surface area contributed by atoms with Crippen LogP contribution < -0.4 is 10.4 Å². The van der Waals surface area contributed by atoms with Crippen LogP contribution in [0.4, 0.5) is 0 Å². The molecule has 0 radical (unpaired) electrons. The maximum Gasteiger partial charge on any atom is 0.406 e. The Balaban J connectivity index is 2.84. The largest absolute Gasteiger partial charge is 0.467 e. The van der Waals surface area contributed by atoms with Gasteiger partial charge in [-0.1, -0.05) is 30.3 Å². The van der Waals surface area contributed by atoms with Gasteiger partial charge in [-0.15, -0.1) is 0 Å². The van der Waals surface area contributed by atoms with Gasteiger partial charge in [-0.05, 0) is 40.2 Å². The first-order chi connectivity index (χ1) is 13.1. The van der Waals surface area contributed by atoms with Gasteiger partial charge in [0.1, 0.15) is 6.04 Å². The first-order valence-electron chi connectivity index (χ1n) is 9.23. The molecule has 0 bridgehead atoms. The third-order valence-corrected chi connectivity index (χ3v) is 5.63. The lowest BCUT2D eigenvalue weighted by atomic mass is 10.1. The number of ether oxygens (including phenoxy) is 1.